The average Bonchev–Trinajstić information content (AvgIpc) is 3.24. The Balaban J connectivity index is 1.57. The largest absolute Gasteiger partial charge is 0.457 e. The van der Waals surface area contributed by atoms with Gasteiger partial charge < -0.3 is 9.64 Å². The fourth-order valence-electron chi connectivity index (χ4n) is 3.04. The lowest BCUT2D eigenvalue weighted by atomic mass is 10.1. The fourth-order valence-corrected chi connectivity index (χ4v) is 3.04. The van der Waals surface area contributed by atoms with Gasteiger partial charge in [-0.05, 0) is 61.4 Å². The Hall–Kier alpha value is -3.59. The van der Waals surface area contributed by atoms with Crippen molar-refractivity contribution in [1.82, 2.24) is 14.7 Å². The van der Waals surface area contributed by atoms with Crippen LogP contribution in [0, 0.1) is 18.3 Å². The quantitative estimate of drug-likeness (QED) is 0.586. The third-order valence-corrected chi connectivity index (χ3v) is 4.73. The minimum absolute atomic E-state index is 0.0936. The van der Waals surface area contributed by atoms with Gasteiger partial charge in [0.15, 0.2) is 0 Å². The van der Waals surface area contributed by atoms with Gasteiger partial charge >= 0.3 is 0 Å². The van der Waals surface area contributed by atoms with Gasteiger partial charge in [-0.25, -0.2) is 0 Å². The van der Waals surface area contributed by atoms with Crippen LogP contribution in [0.3, 0.4) is 0 Å². The number of amides is 1. The summed E-state index contributed by atoms with van der Waals surface area (Å²) in [5.74, 6) is 1.47. The molecule has 0 bridgehead atoms. The van der Waals surface area contributed by atoms with Crippen molar-refractivity contribution in [3.05, 3.63) is 77.6 Å². The Morgan fingerprint density at radius 2 is 1.97 bits per heavy atom. The number of hydrogen-bond acceptors (Lipinski definition) is 4. The van der Waals surface area contributed by atoms with Gasteiger partial charge in [-0.1, -0.05) is 12.1 Å². The highest BCUT2D eigenvalue weighted by molar-refractivity contribution is 5.78. The molecule has 0 aliphatic carbocycles. The fraction of sp³-hybridized carbons (Fsp3) is 0.261. The highest BCUT2D eigenvalue weighted by Gasteiger charge is 2.12. The third kappa shape index (κ3) is 5.45. The summed E-state index contributed by atoms with van der Waals surface area (Å²) in [4.78, 5) is 14.5. The third-order valence-electron chi connectivity index (χ3n) is 4.73. The molecule has 1 heterocycles. The standard InChI is InChI=1S/C23H24N4O2/c1-3-26(13-14-27-12-4-11-25-27)23(28)16-19-5-8-21(9-6-19)29-22-10-7-20(17-24)18(2)15-22/h4-12,15H,3,13-14,16H2,1-2H3. The van der Waals surface area contributed by atoms with Crippen molar-refractivity contribution in [2.75, 3.05) is 13.1 Å². The zero-order valence-corrected chi connectivity index (χ0v) is 16.7. The molecule has 6 nitrogen and oxygen atoms in total. The summed E-state index contributed by atoms with van der Waals surface area (Å²) in [5, 5.41) is 13.2. The molecule has 1 amide bonds. The number of carbonyl (C=O) groups is 1. The van der Waals surface area contributed by atoms with Crippen LogP contribution < -0.4 is 4.74 Å². The van der Waals surface area contributed by atoms with Gasteiger partial charge in [0.2, 0.25) is 5.91 Å². The van der Waals surface area contributed by atoms with E-state index in [-0.39, 0.29) is 5.91 Å². The highest BCUT2D eigenvalue weighted by Crippen LogP contribution is 2.24. The van der Waals surface area contributed by atoms with E-state index in [4.69, 9.17) is 10.00 Å². The predicted molar refractivity (Wildman–Crippen MR) is 111 cm³/mol. The molecule has 0 atom stereocenters. The van der Waals surface area contributed by atoms with Crippen LogP contribution in [0.2, 0.25) is 0 Å². The van der Waals surface area contributed by atoms with E-state index in [0.29, 0.717) is 43.1 Å². The zero-order valence-electron chi connectivity index (χ0n) is 16.7. The molecule has 3 rings (SSSR count). The maximum Gasteiger partial charge on any atom is 0.227 e. The van der Waals surface area contributed by atoms with E-state index in [1.165, 1.54) is 0 Å². The topological polar surface area (TPSA) is 71.2 Å². The molecule has 0 fully saturated rings. The first kappa shape index (κ1) is 20.2. The molecule has 0 saturated heterocycles. The van der Waals surface area contributed by atoms with Crippen LogP contribution >= 0.6 is 0 Å². The summed E-state index contributed by atoms with van der Waals surface area (Å²) in [5.41, 5.74) is 2.46. The minimum atomic E-state index is 0.0936. The maximum atomic E-state index is 12.6. The molecule has 0 saturated carbocycles. The average molecular weight is 388 g/mol. The van der Waals surface area contributed by atoms with Gasteiger partial charge in [0.05, 0.1) is 24.6 Å². The number of aryl methyl sites for hydroxylation is 1. The Morgan fingerprint density at radius 3 is 2.59 bits per heavy atom. The van der Waals surface area contributed by atoms with Crippen molar-refractivity contribution in [3.63, 3.8) is 0 Å². The summed E-state index contributed by atoms with van der Waals surface area (Å²) in [6.07, 6.45) is 3.98. The SMILES string of the molecule is CCN(CCn1cccn1)C(=O)Cc1ccc(Oc2ccc(C#N)c(C)c2)cc1. The van der Waals surface area contributed by atoms with E-state index in [9.17, 15) is 4.79 Å². The molecule has 1 aromatic heterocycles. The van der Waals surface area contributed by atoms with Crippen LogP contribution in [0.4, 0.5) is 0 Å². The van der Waals surface area contributed by atoms with Gasteiger partial charge in [0.25, 0.3) is 0 Å². The lowest BCUT2D eigenvalue weighted by Crippen LogP contribution is -2.34. The lowest BCUT2D eigenvalue weighted by Gasteiger charge is -2.21. The Kier molecular flexibility index (Phi) is 6.64. The van der Waals surface area contributed by atoms with Crippen molar-refractivity contribution in [3.8, 4) is 17.6 Å². The lowest BCUT2D eigenvalue weighted by molar-refractivity contribution is -0.130. The van der Waals surface area contributed by atoms with Crippen molar-refractivity contribution >= 4 is 5.91 Å². The molecule has 0 N–H and O–H groups in total. The second-order valence-electron chi connectivity index (χ2n) is 6.75. The van der Waals surface area contributed by atoms with Gasteiger partial charge in [0, 0.05) is 25.5 Å². The number of nitrogens with zero attached hydrogens (tertiary/aromatic N) is 4. The number of rotatable bonds is 8. The summed E-state index contributed by atoms with van der Waals surface area (Å²) in [6.45, 7) is 5.85. The second kappa shape index (κ2) is 9.56. The first-order chi connectivity index (χ1) is 14.1. The van der Waals surface area contributed by atoms with Crippen LogP contribution in [-0.2, 0) is 17.8 Å². The number of carbonyl (C=O) groups excluding carboxylic acids is 1. The van der Waals surface area contributed by atoms with E-state index < -0.39 is 0 Å². The molecular weight excluding hydrogens is 364 g/mol. The van der Waals surface area contributed by atoms with E-state index in [1.54, 1.807) is 18.3 Å². The van der Waals surface area contributed by atoms with Crippen LogP contribution in [-0.4, -0.2) is 33.7 Å². The number of aromatic nitrogens is 2. The molecule has 6 heteroatoms. The zero-order chi connectivity index (χ0) is 20.6. The highest BCUT2D eigenvalue weighted by atomic mass is 16.5. The normalized spacial score (nSPS) is 10.4. The van der Waals surface area contributed by atoms with E-state index >= 15 is 0 Å². The van der Waals surface area contributed by atoms with Gasteiger partial charge in [-0.2, -0.15) is 10.4 Å². The molecule has 0 aliphatic rings. The van der Waals surface area contributed by atoms with E-state index in [2.05, 4.69) is 11.2 Å². The number of nitriles is 1. The number of likely N-dealkylation sites (N-methyl/N-ethyl adjacent to an activating group) is 1. The second-order valence-corrected chi connectivity index (χ2v) is 6.75. The molecule has 0 aliphatic heterocycles. The van der Waals surface area contributed by atoms with Crippen molar-refractivity contribution in [2.24, 2.45) is 0 Å². The Morgan fingerprint density at radius 1 is 1.21 bits per heavy atom. The van der Waals surface area contributed by atoms with Crippen LogP contribution in [0.5, 0.6) is 11.5 Å². The minimum Gasteiger partial charge on any atom is -0.457 e. The van der Waals surface area contributed by atoms with Gasteiger partial charge in [-0.15, -0.1) is 0 Å². The van der Waals surface area contributed by atoms with Crippen molar-refractivity contribution in [2.45, 2.75) is 26.8 Å². The summed E-state index contributed by atoms with van der Waals surface area (Å²) in [7, 11) is 0. The van der Waals surface area contributed by atoms with Crippen molar-refractivity contribution in [1.29, 1.82) is 5.26 Å². The summed E-state index contributed by atoms with van der Waals surface area (Å²) < 4.78 is 7.68. The molecular formula is C23H24N4O2. The first-order valence-corrected chi connectivity index (χ1v) is 9.61. The molecule has 2 aromatic carbocycles. The van der Waals surface area contributed by atoms with E-state index in [0.717, 1.165) is 11.1 Å². The summed E-state index contributed by atoms with van der Waals surface area (Å²) >= 11 is 0. The Labute approximate surface area is 170 Å². The number of ether oxygens (including phenoxy) is 1. The molecule has 0 spiro atoms. The van der Waals surface area contributed by atoms with Crippen LogP contribution in [0.1, 0.15) is 23.6 Å². The maximum absolute atomic E-state index is 12.6. The Bertz CT molecular complexity index is 989. The molecule has 29 heavy (non-hydrogen) atoms. The van der Waals surface area contributed by atoms with Crippen molar-refractivity contribution < 1.29 is 9.53 Å². The first-order valence-electron chi connectivity index (χ1n) is 9.61. The monoisotopic (exact) mass is 388 g/mol. The summed E-state index contributed by atoms with van der Waals surface area (Å²) in [6, 6.07) is 16.9. The van der Waals surface area contributed by atoms with Crippen LogP contribution in [0.25, 0.3) is 0 Å². The van der Waals surface area contributed by atoms with Crippen LogP contribution in [0.15, 0.2) is 60.9 Å². The van der Waals surface area contributed by atoms with E-state index in [1.807, 2.05) is 66.0 Å². The predicted octanol–water partition coefficient (Wildman–Crippen LogP) is 3.95. The van der Waals surface area contributed by atoms with Gasteiger partial charge in [0.1, 0.15) is 11.5 Å². The van der Waals surface area contributed by atoms with Gasteiger partial charge in [-0.3, -0.25) is 9.48 Å². The number of benzene rings is 2. The number of hydrogen-bond donors (Lipinski definition) is 0. The molecule has 0 radical (unpaired) electrons. The molecule has 0 unspecified atom stereocenters. The molecule has 3 aromatic rings. The smallest absolute Gasteiger partial charge is 0.227 e. The molecule has 148 valence electrons.